The largest absolute Gasteiger partial charge is 0.469 e. The van der Waals surface area contributed by atoms with Gasteiger partial charge in [-0.05, 0) is 62.2 Å². The molecule has 2 unspecified atom stereocenters. The van der Waals surface area contributed by atoms with Crippen molar-refractivity contribution in [3.05, 3.63) is 71.4 Å². The van der Waals surface area contributed by atoms with Crippen LogP contribution >= 0.6 is 0 Å². The van der Waals surface area contributed by atoms with E-state index >= 15 is 0 Å². The van der Waals surface area contributed by atoms with Crippen LogP contribution in [0.25, 0.3) is 0 Å². The molecular formula is C31H36N4O8. The maximum atomic E-state index is 13.4. The Morgan fingerprint density at radius 2 is 1.77 bits per heavy atom. The normalized spacial score (nSPS) is 20.0. The van der Waals surface area contributed by atoms with Crippen molar-refractivity contribution in [1.29, 1.82) is 0 Å². The van der Waals surface area contributed by atoms with Gasteiger partial charge in [-0.15, -0.1) is 0 Å². The Labute approximate surface area is 249 Å². The lowest BCUT2D eigenvalue weighted by atomic mass is 9.72. The van der Waals surface area contributed by atoms with Crippen LogP contribution in [-0.4, -0.2) is 81.0 Å². The maximum Gasteiger partial charge on any atom is 0.330 e. The van der Waals surface area contributed by atoms with Gasteiger partial charge in [-0.1, -0.05) is 36.4 Å². The Kier molecular flexibility index (Phi) is 8.86. The van der Waals surface area contributed by atoms with Crippen molar-refractivity contribution in [3.63, 3.8) is 0 Å². The van der Waals surface area contributed by atoms with E-state index in [2.05, 4.69) is 15.5 Å². The highest BCUT2D eigenvalue weighted by Crippen LogP contribution is 2.38. The number of likely N-dealkylation sites (tertiary alicyclic amines) is 1. The zero-order chi connectivity index (χ0) is 30.6. The van der Waals surface area contributed by atoms with Crippen molar-refractivity contribution in [2.24, 2.45) is 5.92 Å². The van der Waals surface area contributed by atoms with Crippen LogP contribution in [0.3, 0.4) is 0 Å². The molecule has 228 valence electrons. The van der Waals surface area contributed by atoms with E-state index in [-0.39, 0.29) is 19.3 Å². The average molecular weight is 593 g/mol. The zero-order valence-electron chi connectivity index (χ0n) is 24.5. The van der Waals surface area contributed by atoms with Crippen LogP contribution in [0.4, 0.5) is 9.59 Å². The summed E-state index contributed by atoms with van der Waals surface area (Å²) in [6.45, 7) is 3.17. The fourth-order valence-corrected chi connectivity index (χ4v) is 5.95. The van der Waals surface area contributed by atoms with E-state index < -0.39 is 35.4 Å². The Bertz CT molecular complexity index is 1400. The molecule has 0 bridgehead atoms. The highest BCUT2D eigenvalue weighted by atomic mass is 16.7. The van der Waals surface area contributed by atoms with Gasteiger partial charge in [0, 0.05) is 18.8 Å². The number of rotatable bonds is 8. The number of carbonyl (C=O) groups excluding carboxylic acids is 4. The van der Waals surface area contributed by atoms with E-state index in [9.17, 15) is 19.2 Å². The van der Waals surface area contributed by atoms with Crippen LogP contribution in [0.2, 0.25) is 0 Å². The first kappa shape index (κ1) is 29.9. The molecule has 0 spiro atoms. The van der Waals surface area contributed by atoms with Gasteiger partial charge in [0.25, 0.3) is 0 Å². The Hall–Kier alpha value is -4.58. The van der Waals surface area contributed by atoms with Gasteiger partial charge in [0.2, 0.25) is 6.79 Å². The average Bonchev–Trinajstić information content (AvgIpc) is 3.50. The predicted octanol–water partition coefficient (Wildman–Crippen LogP) is 3.09. The van der Waals surface area contributed by atoms with Crippen LogP contribution in [-0.2, 0) is 24.5 Å². The summed E-state index contributed by atoms with van der Waals surface area (Å²) in [5, 5.41) is 5.44. The lowest BCUT2D eigenvalue weighted by Crippen LogP contribution is -2.54. The van der Waals surface area contributed by atoms with Gasteiger partial charge in [0.1, 0.15) is 0 Å². The molecule has 3 heterocycles. The van der Waals surface area contributed by atoms with Gasteiger partial charge in [-0.3, -0.25) is 9.59 Å². The van der Waals surface area contributed by atoms with Crippen molar-refractivity contribution in [3.8, 4) is 11.5 Å². The fourth-order valence-electron chi connectivity index (χ4n) is 5.95. The summed E-state index contributed by atoms with van der Waals surface area (Å²) in [5.41, 5.74) is 1.41. The third-order valence-electron chi connectivity index (χ3n) is 8.29. The molecule has 4 amide bonds. The van der Waals surface area contributed by atoms with Gasteiger partial charge in [0.15, 0.2) is 11.5 Å². The van der Waals surface area contributed by atoms with Crippen LogP contribution < -0.4 is 20.1 Å². The van der Waals surface area contributed by atoms with Gasteiger partial charge in [0.05, 0.1) is 31.6 Å². The molecule has 1 fully saturated rings. The summed E-state index contributed by atoms with van der Waals surface area (Å²) in [6.07, 6.45) is 2.80. The van der Waals surface area contributed by atoms with Crippen molar-refractivity contribution in [2.75, 3.05) is 47.2 Å². The Morgan fingerprint density at radius 1 is 1.05 bits per heavy atom. The molecule has 1 saturated heterocycles. The minimum atomic E-state index is -0.765. The van der Waals surface area contributed by atoms with E-state index in [1.807, 2.05) is 30.3 Å². The highest BCUT2D eigenvalue weighted by molar-refractivity contribution is 5.96. The first-order chi connectivity index (χ1) is 20.8. The number of benzene rings is 2. The number of esters is 2. The molecule has 0 saturated carbocycles. The number of urea groups is 2. The minimum Gasteiger partial charge on any atom is -0.469 e. The van der Waals surface area contributed by atoms with E-state index in [0.29, 0.717) is 55.2 Å². The zero-order valence-corrected chi connectivity index (χ0v) is 24.5. The maximum absolute atomic E-state index is 13.4. The minimum absolute atomic E-state index is 0.0524. The number of piperidine rings is 1. The number of carbonyl (C=O) groups is 4. The first-order valence-electron chi connectivity index (χ1n) is 14.2. The number of fused-ring (bicyclic) bond motifs is 1. The standard InChI is InChI=1S/C31H36N4O8/c1-20-15-24(21-9-10-25-26(16-21)43-19-42-25)35(30(39)33-20)29(38)32-17-22(27(36)40-2)18-34-13-11-31(12-14-34,28(37)41-3)23-7-5-4-6-8-23/h4-10,15-16,22,24H,11-14,17-19H2,1-3H3,(H,32,38)(H,33,39). The summed E-state index contributed by atoms with van der Waals surface area (Å²) < 4.78 is 21.1. The number of imide groups is 1. The predicted molar refractivity (Wildman–Crippen MR) is 154 cm³/mol. The second-order valence-corrected chi connectivity index (χ2v) is 10.9. The number of nitrogens with one attached hydrogen (secondary N) is 2. The third-order valence-corrected chi connectivity index (χ3v) is 8.29. The summed E-state index contributed by atoms with van der Waals surface area (Å²) in [7, 11) is 2.69. The quantitative estimate of drug-likeness (QED) is 0.443. The molecule has 0 aliphatic carbocycles. The number of methoxy groups -OCH3 is 2. The van der Waals surface area contributed by atoms with Gasteiger partial charge >= 0.3 is 24.0 Å². The molecule has 0 radical (unpaired) electrons. The lowest BCUT2D eigenvalue weighted by Gasteiger charge is -2.40. The molecule has 2 atom stereocenters. The monoisotopic (exact) mass is 592 g/mol. The van der Waals surface area contributed by atoms with Crippen molar-refractivity contribution >= 4 is 24.0 Å². The van der Waals surface area contributed by atoms with Crippen LogP contribution in [0.5, 0.6) is 11.5 Å². The van der Waals surface area contributed by atoms with Crippen LogP contribution in [0.1, 0.15) is 36.9 Å². The van der Waals surface area contributed by atoms with Crippen molar-refractivity contribution < 1.29 is 38.1 Å². The molecule has 43 heavy (non-hydrogen) atoms. The van der Waals surface area contributed by atoms with Crippen LogP contribution in [0.15, 0.2) is 60.3 Å². The number of hydrogen-bond donors (Lipinski definition) is 2. The Morgan fingerprint density at radius 3 is 2.47 bits per heavy atom. The van der Waals surface area contributed by atoms with E-state index in [1.165, 1.54) is 14.2 Å². The number of nitrogens with zero attached hydrogens (tertiary/aromatic N) is 2. The molecule has 12 heteroatoms. The van der Waals surface area contributed by atoms with E-state index in [1.54, 1.807) is 31.2 Å². The topological polar surface area (TPSA) is 136 Å². The fraction of sp³-hybridized carbons (Fsp3) is 0.419. The SMILES string of the molecule is COC(=O)C(CNC(=O)N1C(=O)NC(C)=CC1c1ccc2c(c1)OCO2)CN1CCC(C(=O)OC)(c2ccccc2)CC1. The summed E-state index contributed by atoms with van der Waals surface area (Å²) in [6, 6.07) is 12.9. The van der Waals surface area contributed by atoms with Crippen molar-refractivity contribution in [2.45, 2.75) is 31.2 Å². The number of allylic oxidation sites excluding steroid dienone is 1. The summed E-state index contributed by atoms with van der Waals surface area (Å²) in [4.78, 5) is 55.3. The number of hydrogen-bond acceptors (Lipinski definition) is 9. The van der Waals surface area contributed by atoms with E-state index in [4.69, 9.17) is 18.9 Å². The molecule has 2 aromatic rings. The molecule has 3 aliphatic rings. The van der Waals surface area contributed by atoms with E-state index in [0.717, 1.165) is 10.5 Å². The molecule has 3 aliphatic heterocycles. The molecule has 0 aromatic heterocycles. The molecule has 2 aromatic carbocycles. The molecule has 2 N–H and O–H groups in total. The van der Waals surface area contributed by atoms with Gasteiger partial charge in [-0.25, -0.2) is 14.5 Å². The third kappa shape index (κ3) is 6.14. The van der Waals surface area contributed by atoms with Gasteiger partial charge < -0.3 is 34.5 Å². The molecule has 12 nitrogen and oxygen atoms in total. The highest BCUT2D eigenvalue weighted by Gasteiger charge is 2.44. The second kappa shape index (κ2) is 12.7. The summed E-state index contributed by atoms with van der Waals surface area (Å²) >= 11 is 0. The number of ether oxygens (including phenoxy) is 4. The van der Waals surface area contributed by atoms with Gasteiger partial charge in [-0.2, -0.15) is 0 Å². The smallest absolute Gasteiger partial charge is 0.330 e. The summed E-state index contributed by atoms with van der Waals surface area (Å²) in [5.74, 6) is -0.349. The lowest BCUT2D eigenvalue weighted by molar-refractivity contribution is -0.151. The second-order valence-electron chi connectivity index (χ2n) is 10.9. The first-order valence-corrected chi connectivity index (χ1v) is 14.2. The Balaban J connectivity index is 1.26. The van der Waals surface area contributed by atoms with Crippen molar-refractivity contribution in [1.82, 2.24) is 20.4 Å². The molecule has 5 rings (SSSR count). The molecular weight excluding hydrogens is 556 g/mol. The van der Waals surface area contributed by atoms with Crippen LogP contribution in [0, 0.1) is 5.92 Å². The number of amides is 4.